The van der Waals surface area contributed by atoms with Crippen LogP contribution in [0.3, 0.4) is 0 Å². The van der Waals surface area contributed by atoms with Crippen molar-refractivity contribution in [3.63, 3.8) is 0 Å². The molecule has 18 heavy (non-hydrogen) atoms. The molecular weight excluding hydrogens is 232 g/mol. The van der Waals surface area contributed by atoms with Gasteiger partial charge in [0, 0.05) is 32.4 Å². The summed E-state index contributed by atoms with van der Waals surface area (Å²) in [6.45, 7) is 1.98. The SMILES string of the molecule is COCCN1CCN(c2ccccc2)C(=O)C1=O. The van der Waals surface area contributed by atoms with Crippen molar-refractivity contribution in [2.75, 3.05) is 38.3 Å². The van der Waals surface area contributed by atoms with E-state index in [2.05, 4.69) is 0 Å². The zero-order valence-electron chi connectivity index (χ0n) is 10.3. The summed E-state index contributed by atoms with van der Waals surface area (Å²) in [5, 5.41) is 0. The zero-order valence-corrected chi connectivity index (χ0v) is 10.3. The Morgan fingerprint density at radius 2 is 1.83 bits per heavy atom. The first-order valence-electron chi connectivity index (χ1n) is 5.89. The van der Waals surface area contributed by atoms with Gasteiger partial charge in [-0.3, -0.25) is 9.59 Å². The van der Waals surface area contributed by atoms with Crippen molar-refractivity contribution >= 4 is 17.5 Å². The van der Waals surface area contributed by atoms with Gasteiger partial charge >= 0.3 is 11.8 Å². The Bertz CT molecular complexity index is 433. The molecule has 0 aromatic heterocycles. The molecular formula is C13H16N2O3. The Hall–Kier alpha value is -1.88. The van der Waals surface area contributed by atoms with Crippen LogP contribution >= 0.6 is 0 Å². The highest BCUT2D eigenvalue weighted by Gasteiger charge is 2.32. The zero-order chi connectivity index (χ0) is 13.0. The topological polar surface area (TPSA) is 49.9 Å². The number of piperazine rings is 1. The first kappa shape index (κ1) is 12.6. The van der Waals surface area contributed by atoms with Gasteiger partial charge < -0.3 is 14.5 Å². The molecule has 0 saturated carbocycles. The molecule has 0 aliphatic carbocycles. The van der Waals surface area contributed by atoms with E-state index in [-0.39, 0.29) is 0 Å². The lowest BCUT2D eigenvalue weighted by molar-refractivity contribution is -0.146. The van der Waals surface area contributed by atoms with Crippen LogP contribution in [0.25, 0.3) is 0 Å². The third-order valence-electron chi connectivity index (χ3n) is 2.94. The van der Waals surface area contributed by atoms with Gasteiger partial charge in [-0.15, -0.1) is 0 Å². The first-order valence-corrected chi connectivity index (χ1v) is 5.89. The minimum atomic E-state index is -0.469. The predicted octanol–water partition coefficient (Wildman–Crippen LogP) is 0.508. The molecule has 0 bridgehead atoms. The number of nitrogens with zero attached hydrogens (tertiary/aromatic N) is 2. The maximum Gasteiger partial charge on any atom is 0.316 e. The second kappa shape index (κ2) is 5.64. The molecule has 1 aromatic rings. The van der Waals surface area contributed by atoms with Crippen molar-refractivity contribution in [2.45, 2.75) is 0 Å². The smallest absolute Gasteiger partial charge is 0.316 e. The Labute approximate surface area is 106 Å². The van der Waals surface area contributed by atoms with Gasteiger partial charge in [0.15, 0.2) is 0 Å². The minimum absolute atomic E-state index is 0.449. The molecule has 1 aromatic carbocycles. The highest BCUT2D eigenvalue weighted by atomic mass is 16.5. The third-order valence-corrected chi connectivity index (χ3v) is 2.94. The molecule has 0 N–H and O–H groups in total. The van der Waals surface area contributed by atoms with Crippen LogP contribution in [0.1, 0.15) is 0 Å². The number of amides is 2. The summed E-state index contributed by atoms with van der Waals surface area (Å²) in [6, 6.07) is 9.24. The first-order chi connectivity index (χ1) is 8.74. The van der Waals surface area contributed by atoms with E-state index in [0.29, 0.717) is 26.2 Å². The predicted molar refractivity (Wildman–Crippen MR) is 67.3 cm³/mol. The Balaban J connectivity index is 2.07. The van der Waals surface area contributed by atoms with Gasteiger partial charge in [-0.05, 0) is 12.1 Å². The summed E-state index contributed by atoms with van der Waals surface area (Å²) in [4.78, 5) is 26.9. The number of rotatable bonds is 4. The number of carbonyl (C=O) groups excluding carboxylic acids is 2. The van der Waals surface area contributed by atoms with Crippen LogP contribution in [0.5, 0.6) is 0 Å². The molecule has 0 spiro atoms. The molecule has 1 fully saturated rings. The second-order valence-corrected chi connectivity index (χ2v) is 4.08. The quantitative estimate of drug-likeness (QED) is 0.729. The van der Waals surface area contributed by atoms with Gasteiger partial charge in [0.2, 0.25) is 0 Å². The molecule has 1 heterocycles. The number of anilines is 1. The van der Waals surface area contributed by atoms with Crippen molar-refractivity contribution in [2.24, 2.45) is 0 Å². The van der Waals surface area contributed by atoms with Crippen LogP contribution < -0.4 is 4.90 Å². The summed E-state index contributed by atoms with van der Waals surface area (Å²) in [5.41, 5.74) is 0.766. The van der Waals surface area contributed by atoms with E-state index in [1.807, 2.05) is 30.3 Å². The van der Waals surface area contributed by atoms with Crippen molar-refractivity contribution in [1.29, 1.82) is 0 Å². The fraction of sp³-hybridized carbons (Fsp3) is 0.385. The molecule has 1 aliphatic rings. The van der Waals surface area contributed by atoms with Gasteiger partial charge in [-0.1, -0.05) is 18.2 Å². The molecule has 5 heteroatoms. The van der Waals surface area contributed by atoms with Crippen LogP contribution in [0.4, 0.5) is 5.69 Å². The number of para-hydroxylation sites is 1. The molecule has 5 nitrogen and oxygen atoms in total. The van der Waals surface area contributed by atoms with E-state index in [9.17, 15) is 9.59 Å². The van der Waals surface area contributed by atoms with E-state index in [1.165, 1.54) is 9.80 Å². The highest BCUT2D eigenvalue weighted by molar-refractivity contribution is 6.40. The van der Waals surface area contributed by atoms with Crippen LogP contribution in [-0.4, -0.2) is 50.1 Å². The Kier molecular flexibility index (Phi) is 3.94. The van der Waals surface area contributed by atoms with Crippen molar-refractivity contribution in [3.8, 4) is 0 Å². The van der Waals surface area contributed by atoms with Crippen LogP contribution in [-0.2, 0) is 14.3 Å². The summed E-state index contributed by atoms with van der Waals surface area (Å²) < 4.78 is 4.92. The van der Waals surface area contributed by atoms with Crippen LogP contribution in [0, 0.1) is 0 Å². The lowest BCUT2D eigenvalue weighted by Crippen LogP contribution is -2.55. The summed E-state index contributed by atoms with van der Waals surface area (Å²) in [5.74, 6) is -0.925. The maximum atomic E-state index is 12.0. The van der Waals surface area contributed by atoms with E-state index < -0.39 is 11.8 Å². The van der Waals surface area contributed by atoms with Gasteiger partial charge in [0.05, 0.1) is 6.61 Å². The van der Waals surface area contributed by atoms with Gasteiger partial charge in [-0.25, -0.2) is 0 Å². The average Bonchev–Trinajstić information content (AvgIpc) is 2.41. The van der Waals surface area contributed by atoms with Gasteiger partial charge in [0.1, 0.15) is 0 Å². The average molecular weight is 248 g/mol. The third kappa shape index (κ3) is 2.51. The van der Waals surface area contributed by atoms with Crippen molar-refractivity contribution in [1.82, 2.24) is 4.90 Å². The molecule has 96 valence electrons. The van der Waals surface area contributed by atoms with Crippen LogP contribution in [0.15, 0.2) is 30.3 Å². The van der Waals surface area contributed by atoms with Crippen LogP contribution in [0.2, 0.25) is 0 Å². The summed E-state index contributed by atoms with van der Waals surface area (Å²) >= 11 is 0. The monoisotopic (exact) mass is 248 g/mol. The lowest BCUT2D eigenvalue weighted by atomic mass is 10.2. The molecule has 0 atom stereocenters. The van der Waals surface area contributed by atoms with E-state index in [1.54, 1.807) is 7.11 Å². The minimum Gasteiger partial charge on any atom is -0.383 e. The molecule has 0 unspecified atom stereocenters. The number of hydrogen-bond acceptors (Lipinski definition) is 3. The molecule has 1 aliphatic heterocycles. The van der Waals surface area contributed by atoms with Crippen molar-refractivity contribution in [3.05, 3.63) is 30.3 Å². The van der Waals surface area contributed by atoms with E-state index in [4.69, 9.17) is 4.74 Å². The largest absolute Gasteiger partial charge is 0.383 e. The molecule has 2 rings (SSSR count). The van der Waals surface area contributed by atoms with Crippen molar-refractivity contribution < 1.29 is 14.3 Å². The highest BCUT2D eigenvalue weighted by Crippen LogP contribution is 2.16. The summed E-state index contributed by atoms with van der Waals surface area (Å²) in [6.07, 6.45) is 0. The van der Waals surface area contributed by atoms with E-state index in [0.717, 1.165) is 5.69 Å². The molecule has 2 amide bonds. The fourth-order valence-electron chi connectivity index (χ4n) is 1.94. The van der Waals surface area contributed by atoms with E-state index >= 15 is 0 Å². The van der Waals surface area contributed by atoms with Gasteiger partial charge in [0.25, 0.3) is 0 Å². The number of methoxy groups -OCH3 is 1. The van der Waals surface area contributed by atoms with Gasteiger partial charge in [-0.2, -0.15) is 0 Å². The second-order valence-electron chi connectivity index (χ2n) is 4.08. The standard InChI is InChI=1S/C13H16N2O3/c1-18-10-9-14-7-8-15(13(17)12(14)16)11-5-3-2-4-6-11/h2-6H,7-10H2,1H3. The number of carbonyl (C=O) groups is 2. The number of hydrogen-bond donors (Lipinski definition) is 0. The lowest BCUT2D eigenvalue weighted by Gasteiger charge is -2.33. The normalized spacial score (nSPS) is 16.3. The Morgan fingerprint density at radius 3 is 2.50 bits per heavy atom. The maximum absolute atomic E-state index is 12.0. The number of ether oxygens (including phenoxy) is 1. The molecule has 1 saturated heterocycles. The number of benzene rings is 1. The molecule has 0 radical (unpaired) electrons. The fourth-order valence-corrected chi connectivity index (χ4v) is 1.94. The summed E-state index contributed by atoms with van der Waals surface area (Å²) in [7, 11) is 1.58. The Morgan fingerprint density at radius 1 is 1.11 bits per heavy atom.